The van der Waals surface area contributed by atoms with E-state index >= 15 is 0 Å². The van der Waals surface area contributed by atoms with Gasteiger partial charge in [-0.15, -0.1) is 0 Å². The van der Waals surface area contributed by atoms with Gasteiger partial charge in [0.2, 0.25) is 0 Å². The minimum atomic E-state index is 0.795. The molecule has 0 saturated heterocycles. The van der Waals surface area contributed by atoms with E-state index in [9.17, 15) is 0 Å². The molecule has 0 unspecified atom stereocenters. The van der Waals surface area contributed by atoms with Crippen molar-refractivity contribution in [3.8, 4) is 0 Å². The van der Waals surface area contributed by atoms with Crippen molar-refractivity contribution in [1.29, 1.82) is 0 Å². The molecule has 0 aliphatic heterocycles. The number of aryl methyl sites for hydroxylation is 3. The van der Waals surface area contributed by atoms with Gasteiger partial charge in [0.25, 0.3) is 0 Å². The molecular weight excluding hydrogens is 152 g/mol. The molecule has 2 heterocycles. The lowest BCUT2D eigenvalue weighted by Crippen LogP contribution is -1.95. The number of nitrogens with zero attached hydrogens (tertiary/aromatic N) is 4. The molecule has 2 aromatic heterocycles. The number of aromatic nitrogens is 4. The second-order valence-corrected chi connectivity index (χ2v) is 2.88. The Morgan fingerprint density at radius 3 is 2.75 bits per heavy atom. The first-order valence-corrected chi connectivity index (χ1v) is 3.81. The van der Waals surface area contributed by atoms with Crippen LogP contribution in [0.5, 0.6) is 0 Å². The van der Waals surface area contributed by atoms with E-state index in [0.717, 1.165) is 22.7 Å². The van der Waals surface area contributed by atoms with Crippen LogP contribution in [0.3, 0.4) is 0 Å². The number of hydrogen-bond donors (Lipinski definition) is 0. The Balaban J connectivity index is 2.92. The Hall–Kier alpha value is -1.45. The fourth-order valence-corrected chi connectivity index (χ4v) is 1.28. The maximum absolute atomic E-state index is 4.29. The second-order valence-electron chi connectivity index (χ2n) is 2.88. The van der Waals surface area contributed by atoms with Crippen LogP contribution in [0.4, 0.5) is 0 Å². The molecule has 4 heteroatoms. The average molecular weight is 162 g/mol. The van der Waals surface area contributed by atoms with E-state index in [4.69, 9.17) is 0 Å². The zero-order chi connectivity index (χ0) is 8.72. The van der Waals surface area contributed by atoms with Crippen LogP contribution >= 0.6 is 0 Å². The van der Waals surface area contributed by atoms with Gasteiger partial charge in [0.15, 0.2) is 5.65 Å². The SMILES string of the molecule is Cc1nc(C)c2ncn(C)c2n1. The summed E-state index contributed by atoms with van der Waals surface area (Å²) in [6, 6.07) is 0. The molecule has 0 saturated carbocycles. The Morgan fingerprint density at radius 1 is 1.25 bits per heavy atom. The third kappa shape index (κ3) is 0.879. The predicted octanol–water partition coefficient (Wildman–Crippen LogP) is 0.980. The van der Waals surface area contributed by atoms with Gasteiger partial charge in [-0.25, -0.2) is 15.0 Å². The maximum Gasteiger partial charge on any atom is 0.163 e. The molecular formula is C8H10N4. The molecule has 0 bridgehead atoms. The van der Waals surface area contributed by atoms with Crippen LogP contribution in [0.25, 0.3) is 11.2 Å². The zero-order valence-corrected chi connectivity index (χ0v) is 7.37. The van der Waals surface area contributed by atoms with E-state index in [0.29, 0.717) is 0 Å². The highest BCUT2D eigenvalue weighted by atomic mass is 15.1. The summed E-state index contributed by atoms with van der Waals surface area (Å²) in [5.41, 5.74) is 2.74. The van der Waals surface area contributed by atoms with Crippen molar-refractivity contribution < 1.29 is 0 Å². The van der Waals surface area contributed by atoms with Gasteiger partial charge in [0.1, 0.15) is 11.3 Å². The lowest BCUT2D eigenvalue weighted by Gasteiger charge is -1.97. The summed E-state index contributed by atoms with van der Waals surface area (Å²) in [6.07, 6.45) is 1.76. The first kappa shape index (κ1) is 7.21. The van der Waals surface area contributed by atoms with E-state index in [1.807, 2.05) is 25.5 Å². The summed E-state index contributed by atoms with van der Waals surface area (Å²) < 4.78 is 1.90. The predicted molar refractivity (Wildman–Crippen MR) is 45.8 cm³/mol. The van der Waals surface area contributed by atoms with Crippen LogP contribution in [0.2, 0.25) is 0 Å². The van der Waals surface area contributed by atoms with Crippen LogP contribution < -0.4 is 0 Å². The van der Waals surface area contributed by atoms with Crippen LogP contribution in [0, 0.1) is 13.8 Å². The van der Waals surface area contributed by atoms with Crippen molar-refractivity contribution in [3.63, 3.8) is 0 Å². The van der Waals surface area contributed by atoms with Crippen molar-refractivity contribution in [2.45, 2.75) is 13.8 Å². The lowest BCUT2D eigenvalue weighted by atomic mass is 10.4. The third-order valence-corrected chi connectivity index (χ3v) is 1.85. The summed E-state index contributed by atoms with van der Waals surface area (Å²) in [5, 5.41) is 0. The van der Waals surface area contributed by atoms with Crippen molar-refractivity contribution in [2.75, 3.05) is 0 Å². The van der Waals surface area contributed by atoms with Crippen molar-refractivity contribution in [3.05, 3.63) is 17.8 Å². The average Bonchev–Trinajstić information content (AvgIpc) is 2.33. The van der Waals surface area contributed by atoms with Gasteiger partial charge in [0.05, 0.1) is 12.0 Å². The minimum Gasteiger partial charge on any atom is -0.318 e. The largest absolute Gasteiger partial charge is 0.318 e. The summed E-state index contributed by atoms with van der Waals surface area (Å²) >= 11 is 0. The number of imidazole rings is 1. The smallest absolute Gasteiger partial charge is 0.163 e. The fourth-order valence-electron chi connectivity index (χ4n) is 1.28. The van der Waals surface area contributed by atoms with Gasteiger partial charge in [0, 0.05) is 7.05 Å². The van der Waals surface area contributed by atoms with E-state index in [2.05, 4.69) is 15.0 Å². The normalized spacial score (nSPS) is 10.9. The molecule has 2 rings (SSSR count). The second kappa shape index (κ2) is 2.27. The molecule has 62 valence electrons. The molecule has 0 aliphatic carbocycles. The molecule has 0 atom stereocenters. The van der Waals surface area contributed by atoms with Crippen LogP contribution in [-0.2, 0) is 7.05 Å². The highest BCUT2D eigenvalue weighted by molar-refractivity contribution is 5.72. The van der Waals surface area contributed by atoms with Crippen LogP contribution in [0.1, 0.15) is 11.5 Å². The maximum atomic E-state index is 4.29. The van der Waals surface area contributed by atoms with E-state index in [1.165, 1.54) is 0 Å². The van der Waals surface area contributed by atoms with Crippen LogP contribution in [0.15, 0.2) is 6.33 Å². The minimum absolute atomic E-state index is 0.795. The van der Waals surface area contributed by atoms with Crippen molar-refractivity contribution >= 4 is 11.2 Å². The molecule has 0 fully saturated rings. The molecule has 4 nitrogen and oxygen atoms in total. The molecule has 2 aromatic rings. The van der Waals surface area contributed by atoms with Gasteiger partial charge in [-0.3, -0.25) is 0 Å². The van der Waals surface area contributed by atoms with Crippen molar-refractivity contribution in [1.82, 2.24) is 19.5 Å². The van der Waals surface area contributed by atoms with Gasteiger partial charge in [-0.1, -0.05) is 0 Å². The summed E-state index contributed by atoms with van der Waals surface area (Å²) in [7, 11) is 1.93. The lowest BCUT2D eigenvalue weighted by molar-refractivity contribution is 0.917. The number of hydrogen-bond acceptors (Lipinski definition) is 3. The molecule has 12 heavy (non-hydrogen) atoms. The summed E-state index contributed by atoms with van der Waals surface area (Å²) in [4.78, 5) is 12.7. The molecule has 0 N–H and O–H groups in total. The van der Waals surface area contributed by atoms with E-state index in [-0.39, 0.29) is 0 Å². The molecule has 0 radical (unpaired) electrons. The molecule has 0 aromatic carbocycles. The first-order valence-electron chi connectivity index (χ1n) is 3.81. The number of fused-ring (bicyclic) bond motifs is 1. The van der Waals surface area contributed by atoms with Gasteiger partial charge >= 0.3 is 0 Å². The van der Waals surface area contributed by atoms with Crippen molar-refractivity contribution in [2.24, 2.45) is 7.05 Å². The van der Waals surface area contributed by atoms with E-state index in [1.54, 1.807) is 6.33 Å². The summed E-state index contributed by atoms with van der Waals surface area (Å²) in [6.45, 7) is 3.84. The van der Waals surface area contributed by atoms with Gasteiger partial charge in [-0.2, -0.15) is 0 Å². The molecule has 0 spiro atoms. The number of rotatable bonds is 0. The highest BCUT2D eigenvalue weighted by Gasteiger charge is 2.05. The quantitative estimate of drug-likeness (QED) is 0.580. The monoisotopic (exact) mass is 162 g/mol. The van der Waals surface area contributed by atoms with E-state index < -0.39 is 0 Å². The topological polar surface area (TPSA) is 43.6 Å². The highest BCUT2D eigenvalue weighted by Crippen LogP contribution is 2.11. The van der Waals surface area contributed by atoms with Gasteiger partial charge in [-0.05, 0) is 13.8 Å². The first-order chi connectivity index (χ1) is 5.68. The Morgan fingerprint density at radius 2 is 2.00 bits per heavy atom. The van der Waals surface area contributed by atoms with Gasteiger partial charge < -0.3 is 4.57 Å². The molecule has 0 amide bonds. The Labute approximate surface area is 70.3 Å². The Bertz CT molecular complexity index is 430. The third-order valence-electron chi connectivity index (χ3n) is 1.85. The standard InChI is InChI=1S/C8H10N4/c1-5-7-8(11-6(2)10-5)12(3)4-9-7/h4H,1-3H3. The van der Waals surface area contributed by atoms with Crippen LogP contribution in [-0.4, -0.2) is 19.5 Å². The fraction of sp³-hybridized carbons (Fsp3) is 0.375. The molecule has 0 aliphatic rings. The zero-order valence-electron chi connectivity index (χ0n) is 7.37. The Kier molecular flexibility index (Phi) is 1.36. The summed E-state index contributed by atoms with van der Waals surface area (Å²) in [5.74, 6) is 0.795.